The molecule has 0 saturated carbocycles. The first-order chi connectivity index (χ1) is 8.06. The van der Waals surface area contributed by atoms with Crippen LogP contribution in [0.15, 0.2) is 40.6 Å². The highest BCUT2D eigenvalue weighted by atomic mass is 15.2. The van der Waals surface area contributed by atoms with Gasteiger partial charge in [-0.05, 0) is 19.4 Å². The van der Waals surface area contributed by atoms with Crippen molar-refractivity contribution in [3.63, 3.8) is 0 Å². The van der Waals surface area contributed by atoms with Crippen LogP contribution in [-0.2, 0) is 0 Å². The fourth-order valence-electron chi connectivity index (χ4n) is 2.33. The number of nitriles is 2. The Balaban J connectivity index is 2.58. The zero-order chi connectivity index (χ0) is 12.5. The fraction of sp³-hybridized carbons (Fsp3) is 0.385. The highest BCUT2D eigenvalue weighted by molar-refractivity contribution is 5.41. The monoisotopic (exact) mass is 224 g/mol. The van der Waals surface area contributed by atoms with Gasteiger partial charge in [-0.1, -0.05) is 30.3 Å². The van der Waals surface area contributed by atoms with E-state index in [9.17, 15) is 10.5 Å². The van der Waals surface area contributed by atoms with Crippen molar-refractivity contribution in [3.05, 3.63) is 35.9 Å². The molecule has 0 fully saturated rings. The molecule has 0 aliphatic carbocycles. The summed E-state index contributed by atoms with van der Waals surface area (Å²) in [5.41, 5.74) is -1.01. The Morgan fingerprint density at radius 1 is 1.06 bits per heavy atom. The molecule has 1 atom stereocenters. The van der Waals surface area contributed by atoms with Gasteiger partial charge >= 0.3 is 0 Å². The van der Waals surface area contributed by atoms with E-state index in [1.807, 2.05) is 56.3 Å². The van der Waals surface area contributed by atoms with Crippen LogP contribution in [0.4, 0.5) is 0 Å². The molecule has 1 aromatic rings. The summed E-state index contributed by atoms with van der Waals surface area (Å²) in [6, 6.07) is 13.5. The summed E-state index contributed by atoms with van der Waals surface area (Å²) in [5.74, 6) is -0.328. The molecule has 1 aliphatic heterocycles. The lowest BCUT2D eigenvalue weighted by atomic mass is 9.72. The highest BCUT2D eigenvalue weighted by Crippen LogP contribution is 2.47. The first-order valence-electron chi connectivity index (χ1n) is 5.37. The average molecular weight is 224 g/mol. The predicted octanol–water partition coefficient (Wildman–Crippen LogP) is 2.80. The van der Waals surface area contributed by atoms with Crippen LogP contribution in [0.25, 0.3) is 0 Å². The fourth-order valence-corrected chi connectivity index (χ4v) is 2.33. The van der Waals surface area contributed by atoms with Gasteiger partial charge in [0, 0.05) is 0 Å². The van der Waals surface area contributed by atoms with Gasteiger partial charge in [0.1, 0.15) is 12.1 Å². The van der Waals surface area contributed by atoms with Gasteiger partial charge in [0.15, 0.2) is 0 Å². The lowest BCUT2D eigenvalue weighted by Crippen LogP contribution is -2.37. The van der Waals surface area contributed by atoms with Crippen LogP contribution in [0.1, 0.15) is 25.3 Å². The maximum absolute atomic E-state index is 9.25. The van der Waals surface area contributed by atoms with Gasteiger partial charge in [-0.25, -0.2) is 0 Å². The Morgan fingerprint density at radius 3 is 2.18 bits per heavy atom. The zero-order valence-corrected chi connectivity index (χ0v) is 9.75. The van der Waals surface area contributed by atoms with Crippen molar-refractivity contribution in [3.8, 4) is 12.1 Å². The Hall–Kier alpha value is -2.20. The van der Waals surface area contributed by atoms with Crippen molar-refractivity contribution in [2.45, 2.75) is 30.8 Å². The molecule has 4 heteroatoms. The van der Waals surface area contributed by atoms with Crippen molar-refractivity contribution < 1.29 is 0 Å². The third kappa shape index (κ3) is 1.59. The van der Waals surface area contributed by atoms with Crippen molar-refractivity contribution in [1.82, 2.24) is 0 Å². The molecule has 0 radical (unpaired) electrons. The van der Waals surface area contributed by atoms with Crippen LogP contribution < -0.4 is 0 Å². The quantitative estimate of drug-likeness (QED) is 0.735. The van der Waals surface area contributed by atoms with Crippen LogP contribution in [0, 0.1) is 22.7 Å². The average Bonchev–Trinajstić information content (AvgIpc) is 2.62. The first kappa shape index (κ1) is 11.3. The molecule has 1 heterocycles. The van der Waals surface area contributed by atoms with E-state index in [0.29, 0.717) is 0 Å². The summed E-state index contributed by atoms with van der Waals surface area (Å²) < 4.78 is 0. The molecule has 17 heavy (non-hydrogen) atoms. The van der Waals surface area contributed by atoms with Gasteiger partial charge in [-0.2, -0.15) is 20.8 Å². The third-order valence-electron chi connectivity index (χ3n) is 3.06. The summed E-state index contributed by atoms with van der Waals surface area (Å²) in [6.07, 6.45) is 0. The van der Waals surface area contributed by atoms with Gasteiger partial charge in [0.05, 0.1) is 11.5 Å². The van der Waals surface area contributed by atoms with Crippen LogP contribution >= 0.6 is 0 Å². The standard InChI is InChI=1S/C13H12N4/c1-12(2)11(10-6-4-3-5-7-10)13(8-14,9-15)17-16-12/h3-7,11H,1-2H3. The molecular formula is C13H12N4. The number of hydrogen-bond donors (Lipinski definition) is 0. The van der Waals surface area contributed by atoms with E-state index in [0.717, 1.165) is 5.56 Å². The topological polar surface area (TPSA) is 72.3 Å². The zero-order valence-electron chi connectivity index (χ0n) is 9.75. The van der Waals surface area contributed by atoms with Crippen LogP contribution in [0.5, 0.6) is 0 Å². The molecule has 1 aliphatic rings. The second-order valence-corrected chi connectivity index (χ2v) is 4.69. The van der Waals surface area contributed by atoms with Crippen molar-refractivity contribution in [2.75, 3.05) is 0 Å². The number of rotatable bonds is 1. The number of hydrogen-bond acceptors (Lipinski definition) is 4. The molecule has 84 valence electrons. The van der Waals surface area contributed by atoms with E-state index in [1.165, 1.54) is 0 Å². The van der Waals surface area contributed by atoms with E-state index in [2.05, 4.69) is 10.2 Å². The molecule has 0 amide bonds. The molecule has 0 aromatic heterocycles. The normalized spacial score (nSPS) is 23.9. The molecule has 4 nitrogen and oxygen atoms in total. The minimum Gasteiger partial charge on any atom is -0.194 e. The Labute approximate surface area is 100 Å². The minimum atomic E-state index is -1.40. The summed E-state index contributed by atoms with van der Waals surface area (Å²) in [4.78, 5) is 0. The smallest absolute Gasteiger partial charge is 0.194 e. The highest BCUT2D eigenvalue weighted by Gasteiger charge is 2.54. The molecule has 1 aromatic carbocycles. The summed E-state index contributed by atoms with van der Waals surface area (Å²) in [5, 5.41) is 26.5. The van der Waals surface area contributed by atoms with Crippen molar-refractivity contribution in [2.24, 2.45) is 10.2 Å². The van der Waals surface area contributed by atoms with E-state index < -0.39 is 11.1 Å². The summed E-state index contributed by atoms with van der Waals surface area (Å²) >= 11 is 0. The van der Waals surface area contributed by atoms with Crippen LogP contribution in [0.2, 0.25) is 0 Å². The van der Waals surface area contributed by atoms with Gasteiger partial charge in [0.2, 0.25) is 0 Å². The number of azo groups is 1. The Kier molecular flexibility index (Phi) is 2.44. The summed E-state index contributed by atoms with van der Waals surface area (Å²) in [6.45, 7) is 3.79. The maximum Gasteiger partial charge on any atom is 0.260 e. The molecule has 0 saturated heterocycles. The number of nitrogens with zero attached hydrogens (tertiary/aromatic N) is 4. The predicted molar refractivity (Wildman–Crippen MR) is 62.1 cm³/mol. The molecule has 2 rings (SSSR count). The molecule has 1 unspecified atom stereocenters. The maximum atomic E-state index is 9.25. The molecule has 0 bridgehead atoms. The van der Waals surface area contributed by atoms with Gasteiger partial charge in [0.25, 0.3) is 5.54 Å². The largest absolute Gasteiger partial charge is 0.260 e. The van der Waals surface area contributed by atoms with E-state index in [4.69, 9.17) is 0 Å². The van der Waals surface area contributed by atoms with Crippen LogP contribution in [-0.4, -0.2) is 11.1 Å². The van der Waals surface area contributed by atoms with Crippen LogP contribution in [0.3, 0.4) is 0 Å². The second-order valence-electron chi connectivity index (χ2n) is 4.69. The van der Waals surface area contributed by atoms with E-state index in [1.54, 1.807) is 0 Å². The molecule has 0 N–H and O–H groups in total. The van der Waals surface area contributed by atoms with Crippen molar-refractivity contribution in [1.29, 1.82) is 10.5 Å². The van der Waals surface area contributed by atoms with E-state index in [-0.39, 0.29) is 5.92 Å². The lowest BCUT2D eigenvalue weighted by molar-refractivity contribution is 0.416. The Bertz CT molecular complexity index is 517. The summed E-state index contributed by atoms with van der Waals surface area (Å²) in [7, 11) is 0. The van der Waals surface area contributed by atoms with Gasteiger partial charge in [-0.3, -0.25) is 0 Å². The van der Waals surface area contributed by atoms with Crippen molar-refractivity contribution >= 4 is 0 Å². The SMILES string of the molecule is CC1(C)N=NC(C#N)(C#N)C1c1ccccc1. The van der Waals surface area contributed by atoms with E-state index >= 15 is 0 Å². The first-order valence-corrected chi connectivity index (χ1v) is 5.37. The second kappa shape index (κ2) is 3.68. The van der Waals surface area contributed by atoms with Gasteiger partial charge < -0.3 is 0 Å². The minimum absolute atomic E-state index is 0.328. The van der Waals surface area contributed by atoms with Gasteiger partial charge in [-0.15, -0.1) is 0 Å². The molecule has 0 spiro atoms. The molecular weight excluding hydrogens is 212 g/mol. The lowest BCUT2D eigenvalue weighted by Gasteiger charge is -2.28. The Morgan fingerprint density at radius 2 is 1.65 bits per heavy atom. The number of benzene rings is 1. The third-order valence-corrected chi connectivity index (χ3v) is 3.06.